The van der Waals surface area contributed by atoms with Crippen molar-refractivity contribution in [3.63, 3.8) is 0 Å². The number of benzene rings is 2. The van der Waals surface area contributed by atoms with Crippen LogP contribution in [0.5, 0.6) is 0 Å². The lowest BCUT2D eigenvalue weighted by atomic mass is 10.1. The highest BCUT2D eigenvalue weighted by Gasteiger charge is 2.23. The van der Waals surface area contributed by atoms with Crippen molar-refractivity contribution in [3.05, 3.63) is 57.7 Å². The second-order valence-corrected chi connectivity index (χ2v) is 6.14. The summed E-state index contributed by atoms with van der Waals surface area (Å²) in [4.78, 5) is 12.3. The molecule has 1 atom stereocenters. The molecule has 1 amide bonds. The summed E-state index contributed by atoms with van der Waals surface area (Å²) >= 11 is 2.27. The van der Waals surface area contributed by atoms with Gasteiger partial charge in [0.15, 0.2) is 0 Å². The fourth-order valence-electron chi connectivity index (χ4n) is 2.43. The van der Waals surface area contributed by atoms with Gasteiger partial charge in [-0.2, -0.15) is 0 Å². The number of para-hydroxylation sites is 1. The Balaban J connectivity index is 1.78. The maximum atomic E-state index is 12.3. The van der Waals surface area contributed by atoms with Crippen LogP contribution in [0.1, 0.15) is 12.0 Å². The van der Waals surface area contributed by atoms with E-state index in [9.17, 15) is 4.79 Å². The number of hydrogen-bond acceptors (Lipinski definition) is 2. The largest absolute Gasteiger partial charge is 0.374 e. The molecule has 0 bridgehead atoms. The number of anilines is 2. The topological polar surface area (TPSA) is 41.1 Å². The molecule has 1 aliphatic rings. The summed E-state index contributed by atoms with van der Waals surface area (Å²) in [6.45, 7) is 0. The quantitative estimate of drug-likeness (QED) is 0.784. The normalized spacial score (nSPS) is 17.9. The fraction of sp³-hybridized carbons (Fsp3) is 0.188. The van der Waals surface area contributed by atoms with Gasteiger partial charge in [0.2, 0.25) is 5.91 Å². The SMILES string of the molecule is O=C1Nc2ccccc2CCC1Nc1cccc(I)c1. The minimum Gasteiger partial charge on any atom is -0.374 e. The van der Waals surface area contributed by atoms with Crippen LogP contribution in [-0.4, -0.2) is 11.9 Å². The van der Waals surface area contributed by atoms with Crippen molar-refractivity contribution in [3.8, 4) is 0 Å². The van der Waals surface area contributed by atoms with Gasteiger partial charge >= 0.3 is 0 Å². The zero-order valence-electron chi connectivity index (χ0n) is 10.9. The van der Waals surface area contributed by atoms with Crippen molar-refractivity contribution in [2.45, 2.75) is 18.9 Å². The van der Waals surface area contributed by atoms with E-state index >= 15 is 0 Å². The Bertz CT molecular complexity index is 642. The second-order valence-electron chi connectivity index (χ2n) is 4.89. The lowest BCUT2D eigenvalue weighted by Gasteiger charge is -2.16. The van der Waals surface area contributed by atoms with Gasteiger partial charge < -0.3 is 10.6 Å². The molecule has 3 nitrogen and oxygen atoms in total. The summed E-state index contributed by atoms with van der Waals surface area (Å²) in [5.74, 6) is 0.0359. The molecule has 0 aliphatic carbocycles. The first kappa shape index (κ1) is 13.4. The first-order valence-corrected chi connectivity index (χ1v) is 7.71. The summed E-state index contributed by atoms with van der Waals surface area (Å²) in [6, 6.07) is 15.9. The molecular formula is C16H15IN2O. The lowest BCUT2D eigenvalue weighted by Crippen LogP contribution is -2.33. The average molecular weight is 378 g/mol. The molecule has 1 unspecified atom stereocenters. The van der Waals surface area contributed by atoms with Crippen LogP contribution >= 0.6 is 22.6 Å². The molecule has 102 valence electrons. The number of nitrogens with one attached hydrogen (secondary N) is 2. The van der Waals surface area contributed by atoms with E-state index in [-0.39, 0.29) is 11.9 Å². The summed E-state index contributed by atoms with van der Waals surface area (Å²) in [5, 5.41) is 6.33. The van der Waals surface area contributed by atoms with Crippen LogP contribution in [0, 0.1) is 3.57 Å². The third kappa shape index (κ3) is 2.95. The van der Waals surface area contributed by atoms with Crippen LogP contribution < -0.4 is 10.6 Å². The molecule has 3 rings (SSSR count). The van der Waals surface area contributed by atoms with Crippen molar-refractivity contribution < 1.29 is 4.79 Å². The Labute approximate surface area is 131 Å². The van der Waals surface area contributed by atoms with E-state index in [1.807, 2.05) is 42.5 Å². The standard InChI is InChI=1S/C16H15IN2O/c17-12-5-3-6-13(10-12)18-15-9-8-11-4-1-2-7-14(11)19-16(15)20/h1-7,10,15,18H,8-9H2,(H,19,20). The Morgan fingerprint density at radius 3 is 2.85 bits per heavy atom. The Morgan fingerprint density at radius 1 is 1.15 bits per heavy atom. The number of halogens is 1. The summed E-state index contributed by atoms with van der Waals surface area (Å²) in [7, 11) is 0. The Kier molecular flexibility index (Phi) is 3.91. The first-order chi connectivity index (χ1) is 9.72. The number of carbonyl (C=O) groups excluding carboxylic acids is 1. The third-order valence-corrected chi connectivity index (χ3v) is 4.13. The predicted octanol–water partition coefficient (Wildman–Crippen LogP) is 3.66. The monoisotopic (exact) mass is 378 g/mol. The minimum atomic E-state index is -0.194. The van der Waals surface area contributed by atoms with Crippen LogP contribution in [0.3, 0.4) is 0 Å². The van der Waals surface area contributed by atoms with Crippen LogP contribution in [0.15, 0.2) is 48.5 Å². The predicted molar refractivity (Wildman–Crippen MR) is 90.0 cm³/mol. The number of hydrogen-bond donors (Lipinski definition) is 2. The third-order valence-electron chi connectivity index (χ3n) is 3.46. The molecule has 0 fully saturated rings. The molecule has 1 heterocycles. The number of aryl methyl sites for hydroxylation is 1. The highest BCUT2D eigenvalue weighted by molar-refractivity contribution is 14.1. The maximum Gasteiger partial charge on any atom is 0.246 e. The molecular weight excluding hydrogens is 363 g/mol. The Hall–Kier alpha value is -1.56. The van der Waals surface area contributed by atoms with E-state index in [1.54, 1.807) is 0 Å². The number of carbonyl (C=O) groups is 1. The molecule has 0 saturated heterocycles. The number of fused-ring (bicyclic) bond motifs is 1. The molecule has 2 aromatic carbocycles. The minimum absolute atomic E-state index is 0.0359. The fourth-order valence-corrected chi connectivity index (χ4v) is 2.97. The van der Waals surface area contributed by atoms with Gasteiger partial charge in [0.05, 0.1) is 0 Å². The molecule has 2 N–H and O–H groups in total. The van der Waals surface area contributed by atoms with Crippen LogP contribution in [0.2, 0.25) is 0 Å². The van der Waals surface area contributed by atoms with Crippen LogP contribution in [0.25, 0.3) is 0 Å². The number of amides is 1. The molecule has 0 radical (unpaired) electrons. The van der Waals surface area contributed by atoms with Crippen molar-refractivity contribution in [2.24, 2.45) is 0 Å². The van der Waals surface area contributed by atoms with Crippen molar-refractivity contribution in [1.29, 1.82) is 0 Å². The zero-order valence-corrected chi connectivity index (χ0v) is 13.1. The first-order valence-electron chi connectivity index (χ1n) is 6.63. The van der Waals surface area contributed by atoms with Gasteiger partial charge in [-0.15, -0.1) is 0 Å². The van der Waals surface area contributed by atoms with Gasteiger partial charge in [0, 0.05) is 14.9 Å². The summed E-state index contributed by atoms with van der Waals surface area (Å²) < 4.78 is 1.16. The second kappa shape index (κ2) is 5.83. The number of rotatable bonds is 2. The van der Waals surface area contributed by atoms with Crippen LogP contribution in [0.4, 0.5) is 11.4 Å². The van der Waals surface area contributed by atoms with Crippen molar-refractivity contribution in [1.82, 2.24) is 0 Å². The van der Waals surface area contributed by atoms with E-state index in [0.717, 1.165) is 27.8 Å². The Morgan fingerprint density at radius 2 is 2.00 bits per heavy atom. The van der Waals surface area contributed by atoms with E-state index in [1.165, 1.54) is 5.56 Å². The lowest BCUT2D eigenvalue weighted by molar-refractivity contribution is -0.116. The van der Waals surface area contributed by atoms with Gasteiger partial charge in [-0.3, -0.25) is 4.79 Å². The summed E-state index contributed by atoms with van der Waals surface area (Å²) in [5.41, 5.74) is 3.13. The van der Waals surface area contributed by atoms with Gasteiger partial charge in [-0.05, 0) is 65.3 Å². The van der Waals surface area contributed by atoms with Gasteiger partial charge in [-0.25, -0.2) is 0 Å². The van der Waals surface area contributed by atoms with Gasteiger partial charge in [-0.1, -0.05) is 24.3 Å². The molecule has 0 saturated carbocycles. The highest BCUT2D eigenvalue weighted by atomic mass is 127. The molecule has 0 aromatic heterocycles. The molecule has 2 aromatic rings. The smallest absolute Gasteiger partial charge is 0.246 e. The maximum absolute atomic E-state index is 12.3. The molecule has 4 heteroatoms. The molecule has 20 heavy (non-hydrogen) atoms. The van der Waals surface area contributed by atoms with Crippen molar-refractivity contribution in [2.75, 3.05) is 10.6 Å². The van der Waals surface area contributed by atoms with Crippen LogP contribution in [-0.2, 0) is 11.2 Å². The molecule has 1 aliphatic heterocycles. The van der Waals surface area contributed by atoms with Gasteiger partial charge in [0.25, 0.3) is 0 Å². The molecule has 0 spiro atoms. The van der Waals surface area contributed by atoms with E-state index in [4.69, 9.17) is 0 Å². The zero-order chi connectivity index (χ0) is 13.9. The van der Waals surface area contributed by atoms with Gasteiger partial charge in [0.1, 0.15) is 6.04 Å². The van der Waals surface area contributed by atoms with E-state index in [2.05, 4.69) is 39.3 Å². The van der Waals surface area contributed by atoms with Crippen molar-refractivity contribution >= 4 is 39.9 Å². The highest BCUT2D eigenvalue weighted by Crippen LogP contribution is 2.23. The van der Waals surface area contributed by atoms with E-state index < -0.39 is 0 Å². The van der Waals surface area contributed by atoms with E-state index in [0.29, 0.717) is 0 Å². The average Bonchev–Trinajstić information content (AvgIpc) is 2.59. The summed E-state index contributed by atoms with van der Waals surface area (Å²) in [6.07, 6.45) is 1.70.